The molecule has 2 aromatic heterocycles. The molecule has 8 heteroatoms. The largest absolute Gasteiger partial charge is 0.354 e. The standard InChI is InChI=1S/C20H29N7O.2H2/c1-12(2)15-11-17(25-26-18(15)20(28)21-4)23-16-10-13(3)22-19(24-16)14-6-8-27(5)9-7-14;;/h10-12,14H,6-9H2,1-5H3,(H,21,28)(H,22,23,24,25);2*1H. The van der Waals surface area contributed by atoms with Crippen LogP contribution in [0.5, 0.6) is 0 Å². The smallest absolute Gasteiger partial charge is 0.271 e. The molecule has 0 radical (unpaired) electrons. The fourth-order valence-electron chi connectivity index (χ4n) is 3.44. The summed E-state index contributed by atoms with van der Waals surface area (Å²) in [5.41, 5.74) is 2.12. The minimum Gasteiger partial charge on any atom is -0.354 e. The Morgan fingerprint density at radius 3 is 2.54 bits per heavy atom. The summed E-state index contributed by atoms with van der Waals surface area (Å²) in [5.74, 6) is 2.46. The summed E-state index contributed by atoms with van der Waals surface area (Å²) in [6.07, 6.45) is 2.13. The molecule has 8 nitrogen and oxygen atoms in total. The second-order valence-electron chi connectivity index (χ2n) is 7.72. The maximum atomic E-state index is 12.0. The predicted octanol–water partition coefficient (Wildman–Crippen LogP) is 3.10. The zero-order chi connectivity index (χ0) is 20.3. The van der Waals surface area contributed by atoms with Crippen LogP contribution in [0.3, 0.4) is 0 Å². The van der Waals surface area contributed by atoms with E-state index >= 15 is 0 Å². The summed E-state index contributed by atoms with van der Waals surface area (Å²) < 4.78 is 0. The normalized spacial score (nSPS) is 15.6. The Morgan fingerprint density at radius 1 is 1.18 bits per heavy atom. The minimum atomic E-state index is -0.231. The monoisotopic (exact) mass is 387 g/mol. The second kappa shape index (κ2) is 8.60. The molecule has 2 N–H and O–H groups in total. The Morgan fingerprint density at radius 2 is 1.89 bits per heavy atom. The van der Waals surface area contributed by atoms with Gasteiger partial charge < -0.3 is 15.5 Å². The molecule has 0 aromatic carbocycles. The van der Waals surface area contributed by atoms with Gasteiger partial charge in [-0.25, -0.2) is 9.97 Å². The maximum Gasteiger partial charge on any atom is 0.271 e. The number of piperidine rings is 1. The molecule has 0 aliphatic carbocycles. The van der Waals surface area contributed by atoms with Gasteiger partial charge in [-0.15, -0.1) is 10.2 Å². The number of anilines is 2. The number of aromatic nitrogens is 4. The number of likely N-dealkylation sites (tertiary alicyclic amines) is 1. The van der Waals surface area contributed by atoms with Gasteiger partial charge in [-0.1, -0.05) is 13.8 Å². The lowest BCUT2D eigenvalue weighted by Crippen LogP contribution is -2.30. The van der Waals surface area contributed by atoms with Crippen LogP contribution in [0.25, 0.3) is 0 Å². The summed E-state index contributed by atoms with van der Waals surface area (Å²) in [5, 5.41) is 14.2. The SMILES string of the molecule is CNC(=O)c1nnc(Nc2cc(C)nc(C3CCN(C)CC3)n2)cc1C(C)C.[HH].[HH]. The van der Waals surface area contributed by atoms with Gasteiger partial charge in [0.15, 0.2) is 11.5 Å². The molecule has 154 valence electrons. The van der Waals surface area contributed by atoms with Gasteiger partial charge in [-0.05, 0) is 57.5 Å². The summed E-state index contributed by atoms with van der Waals surface area (Å²) in [4.78, 5) is 23.8. The van der Waals surface area contributed by atoms with E-state index < -0.39 is 0 Å². The van der Waals surface area contributed by atoms with Gasteiger partial charge in [0.1, 0.15) is 11.6 Å². The number of carbonyl (C=O) groups excluding carboxylic acids is 1. The van der Waals surface area contributed by atoms with Crippen LogP contribution in [0, 0.1) is 6.92 Å². The summed E-state index contributed by atoms with van der Waals surface area (Å²) in [6, 6.07) is 3.77. The third-order valence-electron chi connectivity index (χ3n) is 5.10. The molecule has 1 fully saturated rings. The van der Waals surface area contributed by atoms with Gasteiger partial charge in [-0.3, -0.25) is 4.79 Å². The Kier molecular flexibility index (Phi) is 6.18. The first kappa shape index (κ1) is 20.1. The van der Waals surface area contributed by atoms with Gasteiger partial charge in [0, 0.05) is 27.6 Å². The van der Waals surface area contributed by atoms with Gasteiger partial charge in [-0.2, -0.15) is 0 Å². The summed E-state index contributed by atoms with van der Waals surface area (Å²) in [7, 11) is 3.74. The molecular weight excluding hydrogens is 354 g/mol. The topological polar surface area (TPSA) is 95.9 Å². The Labute approximate surface area is 169 Å². The van der Waals surface area contributed by atoms with Crippen LogP contribution >= 0.6 is 0 Å². The molecule has 1 aliphatic heterocycles. The highest BCUT2D eigenvalue weighted by molar-refractivity contribution is 5.93. The number of rotatable bonds is 5. The highest BCUT2D eigenvalue weighted by atomic mass is 16.1. The molecule has 0 saturated carbocycles. The van der Waals surface area contributed by atoms with Crippen LogP contribution in [0.1, 0.15) is 68.9 Å². The van der Waals surface area contributed by atoms with Crippen molar-refractivity contribution in [1.82, 2.24) is 30.4 Å². The van der Waals surface area contributed by atoms with Crippen molar-refractivity contribution in [1.29, 1.82) is 0 Å². The second-order valence-corrected chi connectivity index (χ2v) is 7.72. The summed E-state index contributed by atoms with van der Waals surface area (Å²) in [6.45, 7) is 8.16. The van der Waals surface area contributed by atoms with Crippen LogP contribution in [-0.4, -0.2) is 58.2 Å². The van der Waals surface area contributed by atoms with E-state index in [1.54, 1.807) is 7.05 Å². The van der Waals surface area contributed by atoms with Crippen molar-refractivity contribution >= 4 is 17.5 Å². The van der Waals surface area contributed by atoms with Crippen molar-refractivity contribution in [2.45, 2.75) is 45.4 Å². The molecule has 3 heterocycles. The molecule has 0 bridgehead atoms. The number of amides is 1. The molecule has 1 amide bonds. The lowest BCUT2D eigenvalue weighted by molar-refractivity contribution is 0.0955. The highest BCUT2D eigenvalue weighted by Gasteiger charge is 2.22. The first-order valence-electron chi connectivity index (χ1n) is 9.78. The van der Waals surface area contributed by atoms with E-state index in [0.717, 1.165) is 43.0 Å². The third-order valence-corrected chi connectivity index (χ3v) is 5.10. The van der Waals surface area contributed by atoms with Crippen LogP contribution < -0.4 is 10.6 Å². The van der Waals surface area contributed by atoms with Crippen LogP contribution in [0.2, 0.25) is 0 Å². The van der Waals surface area contributed by atoms with E-state index in [9.17, 15) is 4.79 Å². The number of aryl methyl sites for hydroxylation is 1. The molecule has 0 atom stereocenters. The van der Waals surface area contributed by atoms with Gasteiger partial charge in [0.2, 0.25) is 0 Å². The first-order valence-corrected chi connectivity index (χ1v) is 9.78. The number of hydrogen-bond donors (Lipinski definition) is 2. The fourth-order valence-corrected chi connectivity index (χ4v) is 3.44. The third kappa shape index (κ3) is 4.62. The van der Waals surface area contributed by atoms with E-state index in [2.05, 4.69) is 37.8 Å². The lowest BCUT2D eigenvalue weighted by Gasteiger charge is -2.28. The number of nitrogens with one attached hydrogen (secondary N) is 2. The van der Waals surface area contributed by atoms with E-state index in [1.165, 1.54) is 0 Å². The Hall–Kier alpha value is -2.61. The van der Waals surface area contributed by atoms with Crippen LogP contribution in [0.15, 0.2) is 12.1 Å². The molecular formula is C20H33N7O. The predicted molar refractivity (Wildman–Crippen MR) is 113 cm³/mol. The molecule has 1 saturated heterocycles. The summed E-state index contributed by atoms with van der Waals surface area (Å²) >= 11 is 0. The number of nitrogens with zero attached hydrogens (tertiary/aromatic N) is 5. The molecule has 2 aromatic rings. The first-order chi connectivity index (χ1) is 13.4. The van der Waals surface area contributed by atoms with Crippen molar-refractivity contribution < 1.29 is 7.65 Å². The van der Waals surface area contributed by atoms with E-state index in [1.807, 2.05) is 32.9 Å². The van der Waals surface area contributed by atoms with E-state index in [4.69, 9.17) is 4.98 Å². The lowest BCUT2D eigenvalue weighted by atomic mass is 9.96. The van der Waals surface area contributed by atoms with Gasteiger partial charge >= 0.3 is 0 Å². The minimum absolute atomic E-state index is 0. The van der Waals surface area contributed by atoms with Crippen molar-refractivity contribution in [3.63, 3.8) is 0 Å². The van der Waals surface area contributed by atoms with Crippen molar-refractivity contribution in [2.24, 2.45) is 0 Å². The molecule has 28 heavy (non-hydrogen) atoms. The van der Waals surface area contributed by atoms with Crippen LogP contribution in [0.4, 0.5) is 11.6 Å². The quantitative estimate of drug-likeness (QED) is 0.814. The zero-order valence-electron chi connectivity index (χ0n) is 17.3. The van der Waals surface area contributed by atoms with Gasteiger partial charge in [0.25, 0.3) is 5.91 Å². The molecule has 0 spiro atoms. The van der Waals surface area contributed by atoms with Crippen molar-refractivity contribution in [2.75, 3.05) is 32.5 Å². The Balaban J connectivity index is 0.00000225. The Bertz CT molecular complexity index is 855. The van der Waals surface area contributed by atoms with Crippen molar-refractivity contribution in [3.8, 4) is 0 Å². The highest BCUT2D eigenvalue weighted by Crippen LogP contribution is 2.27. The van der Waals surface area contributed by atoms with Crippen LogP contribution in [-0.2, 0) is 0 Å². The van der Waals surface area contributed by atoms with E-state index in [0.29, 0.717) is 23.2 Å². The maximum absolute atomic E-state index is 12.0. The molecule has 0 unspecified atom stereocenters. The zero-order valence-corrected chi connectivity index (χ0v) is 17.3. The molecule has 1 aliphatic rings. The number of hydrogen-bond acceptors (Lipinski definition) is 7. The molecule has 3 rings (SSSR count). The van der Waals surface area contributed by atoms with Gasteiger partial charge in [0.05, 0.1) is 0 Å². The fraction of sp³-hybridized carbons (Fsp3) is 0.550. The van der Waals surface area contributed by atoms with E-state index in [-0.39, 0.29) is 14.7 Å². The average Bonchev–Trinajstić information content (AvgIpc) is 2.67. The van der Waals surface area contributed by atoms with Crippen molar-refractivity contribution in [3.05, 3.63) is 34.9 Å². The number of carbonyl (C=O) groups is 1. The average molecular weight is 388 g/mol.